The fourth-order valence-corrected chi connectivity index (χ4v) is 2.06. The number of rotatable bonds is 4. The molecule has 0 atom stereocenters. The summed E-state index contributed by atoms with van der Waals surface area (Å²) >= 11 is 0. The first kappa shape index (κ1) is 13.8. The van der Waals surface area contributed by atoms with Crippen molar-refractivity contribution in [1.29, 1.82) is 0 Å². The Kier molecular flexibility index (Phi) is 3.82. The minimum absolute atomic E-state index is 0.116. The molecule has 0 unspecified atom stereocenters. The van der Waals surface area contributed by atoms with Crippen LogP contribution in [0.3, 0.4) is 0 Å². The largest absolute Gasteiger partial charge is 0.343 e. The number of pyridine rings is 1. The number of hydrogen-bond donors (Lipinski definition) is 2. The Bertz CT molecular complexity index is 811. The molecular formula is C16H14N4O2. The van der Waals surface area contributed by atoms with Crippen LogP contribution in [0.25, 0.3) is 5.52 Å². The molecule has 6 heteroatoms. The molecule has 3 aromatic rings. The van der Waals surface area contributed by atoms with Crippen LogP contribution in [0, 0.1) is 0 Å². The Morgan fingerprint density at radius 2 is 1.82 bits per heavy atom. The fourth-order valence-electron chi connectivity index (χ4n) is 2.06. The SMILES string of the molecule is O=C(CNC(=O)c1ccccc1)Nc1ncc2ccccn12. The van der Waals surface area contributed by atoms with Gasteiger partial charge in [0, 0.05) is 11.8 Å². The van der Waals surface area contributed by atoms with Gasteiger partial charge in [0.05, 0.1) is 18.3 Å². The number of anilines is 1. The molecule has 22 heavy (non-hydrogen) atoms. The highest BCUT2D eigenvalue weighted by Gasteiger charge is 2.10. The van der Waals surface area contributed by atoms with E-state index in [9.17, 15) is 9.59 Å². The van der Waals surface area contributed by atoms with Gasteiger partial charge in [-0.05, 0) is 24.3 Å². The maximum absolute atomic E-state index is 11.9. The van der Waals surface area contributed by atoms with Gasteiger partial charge in [-0.15, -0.1) is 0 Å². The molecule has 0 fully saturated rings. The quantitative estimate of drug-likeness (QED) is 0.769. The lowest BCUT2D eigenvalue weighted by Gasteiger charge is -2.06. The van der Waals surface area contributed by atoms with E-state index in [0.29, 0.717) is 11.5 Å². The second-order valence-electron chi connectivity index (χ2n) is 4.67. The molecule has 2 amide bonds. The molecule has 2 aromatic heterocycles. The monoisotopic (exact) mass is 294 g/mol. The van der Waals surface area contributed by atoms with Gasteiger partial charge < -0.3 is 5.32 Å². The summed E-state index contributed by atoms with van der Waals surface area (Å²) in [6.07, 6.45) is 3.47. The van der Waals surface area contributed by atoms with E-state index in [1.165, 1.54) is 0 Å². The van der Waals surface area contributed by atoms with Crippen molar-refractivity contribution in [1.82, 2.24) is 14.7 Å². The van der Waals surface area contributed by atoms with Crippen molar-refractivity contribution < 1.29 is 9.59 Å². The molecule has 0 aliphatic rings. The smallest absolute Gasteiger partial charge is 0.251 e. The summed E-state index contributed by atoms with van der Waals surface area (Å²) in [5.74, 6) is -0.195. The van der Waals surface area contributed by atoms with Gasteiger partial charge >= 0.3 is 0 Å². The third-order valence-electron chi connectivity index (χ3n) is 3.14. The van der Waals surface area contributed by atoms with Gasteiger partial charge in [0.25, 0.3) is 5.91 Å². The second kappa shape index (κ2) is 6.09. The molecule has 0 saturated carbocycles. The van der Waals surface area contributed by atoms with Crippen LogP contribution in [0.5, 0.6) is 0 Å². The van der Waals surface area contributed by atoms with E-state index in [-0.39, 0.29) is 18.4 Å². The Hall–Kier alpha value is -3.15. The van der Waals surface area contributed by atoms with E-state index in [2.05, 4.69) is 15.6 Å². The molecule has 3 rings (SSSR count). The number of imidazole rings is 1. The predicted octanol–water partition coefficient (Wildman–Crippen LogP) is 1.70. The number of carbonyl (C=O) groups is 2. The first-order chi connectivity index (χ1) is 10.7. The van der Waals surface area contributed by atoms with Gasteiger partial charge in [-0.2, -0.15) is 0 Å². The Morgan fingerprint density at radius 1 is 1.05 bits per heavy atom. The minimum atomic E-state index is -0.333. The highest BCUT2D eigenvalue weighted by Crippen LogP contribution is 2.09. The van der Waals surface area contributed by atoms with Crippen molar-refractivity contribution in [3.8, 4) is 0 Å². The first-order valence-corrected chi connectivity index (χ1v) is 6.79. The van der Waals surface area contributed by atoms with E-state index < -0.39 is 0 Å². The van der Waals surface area contributed by atoms with Gasteiger partial charge in [0.15, 0.2) is 0 Å². The molecule has 0 radical (unpaired) electrons. The summed E-state index contributed by atoms with van der Waals surface area (Å²) in [6, 6.07) is 14.4. The van der Waals surface area contributed by atoms with Crippen molar-refractivity contribution >= 4 is 23.3 Å². The van der Waals surface area contributed by atoms with E-state index in [1.54, 1.807) is 41.1 Å². The average Bonchev–Trinajstić information content (AvgIpc) is 2.97. The Labute approximate surface area is 126 Å². The lowest BCUT2D eigenvalue weighted by atomic mass is 10.2. The summed E-state index contributed by atoms with van der Waals surface area (Å²) in [4.78, 5) is 27.9. The fraction of sp³-hybridized carbons (Fsp3) is 0.0625. The van der Waals surface area contributed by atoms with E-state index >= 15 is 0 Å². The molecular weight excluding hydrogens is 280 g/mol. The molecule has 0 aliphatic heterocycles. The molecule has 0 spiro atoms. The zero-order chi connectivity index (χ0) is 15.4. The van der Waals surface area contributed by atoms with Gasteiger partial charge in [-0.3, -0.25) is 19.3 Å². The summed E-state index contributed by atoms with van der Waals surface area (Å²) in [7, 11) is 0. The summed E-state index contributed by atoms with van der Waals surface area (Å²) in [6.45, 7) is -0.116. The highest BCUT2D eigenvalue weighted by molar-refractivity contribution is 5.98. The van der Waals surface area contributed by atoms with Gasteiger partial charge in [-0.1, -0.05) is 24.3 Å². The topological polar surface area (TPSA) is 75.5 Å². The van der Waals surface area contributed by atoms with Crippen molar-refractivity contribution in [2.75, 3.05) is 11.9 Å². The third kappa shape index (κ3) is 2.95. The average molecular weight is 294 g/mol. The van der Waals surface area contributed by atoms with Crippen LogP contribution in [-0.2, 0) is 4.79 Å². The molecule has 6 nitrogen and oxygen atoms in total. The van der Waals surface area contributed by atoms with Crippen LogP contribution >= 0.6 is 0 Å². The second-order valence-corrected chi connectivity index (χ2v) is 4.67. The number of fused-ring (bicyclic) bond motifs is 1. The number of benzene rings is 1. The zero-order valence-electron chi connectivity index (χ0n) is 11.7. The summed E-state index contributed by atoms with van der Waals surface area (Å²) in [5.41, 5.74) is 1.40. The number of hydrogen-bond acceptors (Lipinski definition) is 3. The molecule has 0 saturated heterocycles. The van der Waals surface area contributed by atoms with Crippen molar-refractivity contribution in [3.05, 3.63) is 66.5 Å². The molecule has 0 bridgehead atoms. The minimum Gasteiger partial charge on any atom is -0.343 e. The molecule has 2 heterocycles. The number of carbonyl (C=O) groups excluding carboxylic acids is 2. The van der Waals surface area contributed by atoms with Crippen molar-refractivity contribution in [2.24, 2.45) is 0 Å². The normalized spacial score (nSPS) is 10.4. The van der Waals surface area contributed by atoms with Gasteiger partial charge in [-0.25, -0.2) is 4.98 Å². The third-order valence-corrected chi connectivity index (χ3v) is 3.14. The lowest BCUT2D eigenvalue weighted by Crippen LogP contribution is -2.33. The number of aromatic nitrogens is 2. The van der Waals surface area contributed by atoms with Gasteiger partial charge in [0.2, 0.25) is 11.9 Å². The van der Waals surface area contributed by atoms with Gasteiger partial charge in [0.1, 0.15) is 0 Å². The molecule has 2 N–H and O–H groups in total. The van der Waals surface area contributed by atoms with Crippen LogP contribution in [0.2, 0.25) is 0 Å². The van der Waals surface area contributed by atoms with E-state index in [4.69, 9.17) is 0 Å². The van der Waals surface area contributed by atoms with Crippen LogP contribution in [0.1, 0.15) is 10.4 Å². The number of nitrogens with zero attached hydrogens (tertiary/aromatic N) is 2. The summed E-state index contributed by atoms with van der Waals surface area (Å²) < 4.78 is 1.76. The predicted molar refractivity (Wildman–Crippen MR) is 82.6 cm³/mol. The van der Waals surface area contributed by atoms with Crippen LogP contribution in [0.4, 0.5) is 5.95 Å². The Balaban J connectivity index is 1.60. The van der Waals surface area contributed by atoms with Crippen molar-refractivity contribution in [2.45, 2.75) is 0 Å². The van der Waals surface area contributed by atoms with E-state index in [0.717, 1.165) is 5.52 Å². The molecule has 110 valence electrons. The summed E-state index contributed by atoms with van der Waals surface area (Å²) in [5, 5.41) is 5.24. The first-order valence-electron chi connectivity index (χ1n) is 6.79. The molecule has 1 aromatic carbocycles. The van der Waals surface area contributed by atoms with Crippen LogP contribution < -0.4 is 10.6 Å². The van der Waals surface area contributed by atoms with E-state index in [1.807, 2.05) is 24.3 Å². The number of nitrogens with one attached hydrogen (secondary N) is 2. The zero-order valence-corrected chi connectivity index (χ0v) is 11.7. The van der Waals surface area contributed by atoms with Crippen LogP contribution in [-0.4, -0.2) is 27.7 Å². The maximum Gasteiger partial charge on any atom is 0.251 e. The highest BCUT2D eigenvalue weighted by atomic mass is 16.2. The van der Waals surface area contributed by atoms with Crippen LogP contribution in [0.15, 0.2) is 60.9 Å². The standard InChI is InChI=1S/C16H14N4O2/c21-14(11-17-15(22)12-6-2-1-3-7-12)19-16-18-10-13-8-4-5-9-20(13)16/h1-10H,11H2,(H,17,22)(H,18,19,21). The molecule has 0 aliphatic carbocycles. The lowest BCUT2D eigenvalue weighted by molar-refractivity contribution is -0.115. The maximum atomic E-state index is 11.9. The van der Waals surface area contributed by atoms with Crippen molar-refractivity contribution in [3.63, 3.8) is 0 Å². The Morgan fingerprint density at radius 3 is 2.64 bits per heavy atom. The number of amides is 2.